The predicted molar refractivity (Wildman–Crippen MR) is 97.5 cm³/mol. The molecule has 25 heavy (non-hydrogen) atoms. The molecule has 4 heteroatoms. The zero-order chi connectivity index (χ0) is 17.0. The van der Waals surface area contributed by atoms with Gasteiger partial charge in [0.2, 0.25) is 0 Å². The molecule has 4 aliphatic carbocycles. The Bertz CT molecular complexity index is 786. The highest BCUT2D eigenvalue weighted by atomic mass is 16.1. The van der Waals surface area contributed by atoms with Crippen molar-refractivity contribution in [3.63, 3.8) is 0 Å². The SMILES string of the molecule is CCc1cn2c(C(=O)NCC34CC5CC(CC(C5)C3)C4)cccc2n1. The molecule has 0 radical (unpaired) electrons. The number of nitrogens with zero attached hydrogens (tertiary/aromatic N) is 2. The third-order valence-corrected chi connectivity index (χ3v) is 6.93. The normalized spacial score (nSPS) is 33.1. The first-order chi connectivity index (χ1) is 12.1. The predicted octanol–water partition coefficient (Wildman–Crippen LogP) is 3.84. The smallest absolute Gasteiger partial charge is 0.268 e. The summed E-state index contributed by atoms with van der Waals surface area (Å²) in [6.45, 7) is 2.94. The fraction of sp³-hybridized carbons (Fsp3) is 0.619. The van der Waals surface area contributed by atoms with Crippen LogP contribution in [0.15, 0.2) is 24.4 Å². The number of pyridine rings is 1. The number of amides is 1. The Labute approximate surface area is 149 Å². The molecule has 4 saturated carbocycles. The molecule has 4 nitrogen and oxygen atoms in total. The summed E-state index contributed by atoms with van der Waals surface area (Å²) < 4.78 is 1.94. The maximum Gasteiger partial charge on any atom is 0.268 e. The van der Waals surface area contributed by atoms with Crippen LogP contribution >= 0.6 is 0 Å². The van der Waals surface area contributed by atoms with E-state index in [1.807, 2.05) is 28.8 Å². The van der Waals surface area contributed by atoms with Crippen LogP contribution in [-0.4, -0.2) is 21.8 Å². The minimum absolute atomic E-state index is 0.0430. The summed E-state index contributed by atoms with van der Waals surface area (Å²) in [5, 5.41) is 3.29. The first-order valence-electron chi connectivity index (χ1n) is 9.89. The molecule has 1 amide bonds. The van der Waals surface area contributed by atoms with Gasteiger partial charge in [-0.25, -0.2) is 4.98 Å². The van der Waals surface area contributed by atoms with Crippen LogP contribution in [-0.2, 0) is 6.42 Å². The van der Waals surface area contributed by atoms with Crippen LogP contribution in [0, 0.1) is 23.2 Å². The van der Waals surface area contributed by atoms with Gasteiger partial charge in [0.05, 0.1) is 5.69 Å². The maximum atomic E-state index is 12.9. The van der Waals surface area contributed by atoms with Gasteiger partial charge in [-0.1, -0.05) is 13.0 Å². The first kappa shape index (κ1) is 15.4. The molecular formula is C21H27N3O. The molecule has 0 saturated heterocycles. The van der Waals surface area contributed by atoms with E-state index >= 15 is 0 Å². The van der Waals surface area contributed by atoms with E-state index in [0.29, 0.717) is 11.1 Å². The standard InChI is InChI=1S/C21H27N3O/c1-2-17-12-24-18(4-3-5-19(24)23-17)20(25)22-13-21-9-14-6-15(10-21)8-16(7-14)11-21/h3-5,12,14-16H,2,6-11,13H2,1H3,(H,22,25). The van der Waals surface area contributed by atoms with Crippen molar-refractivity contribution in [1.82, 2.24) is 14.7 Å². The monoisotopic (exact) mass is 337 g/mol. The summed E-state index contributed by atoms with van der Waals surface area (Å²) in [5.74, 6) is 2.81. The Balaban J connectivity index is 1.35. The third-order valence-electron chi connectivity index (χ3n) is 6.93. The van der Waals surface area contributed by atoms with Gasteiger partial charge in [0.25, 0.3) is 5.91 Å². The van der Waals surface area contributed by atoms with Gasteiger partial charge in [-0.15, -0.1) is 0 Å². The van der Waals surface area contributed by atoms with Crippen molar-refractivity contribution in [1.29, 1.82) is 0 Å². The van der Waals surface area contributed by atoms with Crippen molar-refractivity contribution >= 4 is 11.6 Å². The van der Waals surface area contributed by atoms with Crippen molar-refractivity contribution < 1.29 is 4.79 Å². The largest absolute Gasteiger partial charge is 0.350 e. The van der Waals surface area contributed by atoms with Crippen molar-refractivity contribution in [3.8, 4) is 0 Å². The Morgan fingerprint density at radius 2 is 1.88 bits per heavy atom. The fourth-order valence-corrected chi connectivity index (χ4v) is 6.28. The molecule has 0 aromatic carbocycles. The van der Waals surface area contributed by atoms with Crippen LogP contribution in [0.25, 0.3) is 5.65 Å². The average Bonchev–Trinajstić information content (AvgIpc) is 3.02. The molecule has 4 bridgehead atoms. The van der Waals surface area contributed by atoms with E-state index in [1.165, 1.54) is 38.5 Å². The lowest BCUT2D eigenvalue weighted by molar-refractivity contribution is -0.0503. The maximum absolute atomic E-state index is 12.9. The molecule has 2 heterocycles. The number of carbonyl (C=O) groups is 1. The summed E-state index contributed by atoms with van der Waals surface area (Å²) in [6, 6.07) is 5.81. The molecule has 4 aliphatic rings. The second kappa shape index (κ2) is 5.58. The zero-order valence-corrected chi connectivity index (χ0v) is 15.0. The molecule has 0 spiro atoms. The number of imidazole rings is 1. The van der Waals surface area contributed by atoms with Crippen molar-refractivity contribution in [2.45, 2.75) is 51.9 Å². The van der Waals surface area contributed by atoms with Crippen LogP contribution in [0.1, 0.15) is 61.6 Å². The average molecular weight is 337 g/mol. The Morgan fingerprint density at radius 1 is 1.20 bits per heavy atom. The van der Waals surface area contributed by atoms with Gasteiger partial charge in [0.15, 0.2) is 0 Å². The third kappa shape index (κ3) is 2.57. The molecule has 0 atom stereocenters. The molecule has 2 aromatic heterocycles. The molecule has 0 unspecified atom stereocenters. The number of aromatic nitrogens is 2. The van der Waals surface area contributed by atoms with Crippen LogP contribution in [0.5, 0.6) is 0 Å². The molecule has 6 rings (SSSR count). The molecule has 4 fully saturated rings. The summed E-state index contributed by atoms with van der Waals surface area (Å²) in [7, 11) is 0. The highest BCUT2D eigenvalue weighted by Crippen LogP contribution is 2.59. The van der Waals surface area contributed by atoms with Crippen molar-refractivity contribution in [2.75, 3.05) is 6.54 Å². The number of aryl methyl sites for hydroxylation is 1. The van der Waals surface area contributed by atoms with E-state index in [2.05, 4.69) is 17.2 Å². The van der Waals surface area contributed by atoms with E-state index in [1.54, 1.807) is 0 Å². The first-order valence-corrected chi connectivity index (χ1v) is 9.89. The minimum Gasteiger partial charge on any atom is -0.350 e. The van der Waals surface area contributed by atoms with Crippen molar-refractivity contribution in [2.24, 2.45) is 23.2 Å². The number of fused-ring (bicyclic) bond motifs is 1. The Hall–Kier alpha value is -1.84. The van der Waals surface area contributed by atoms with E-state index in [4.69, 9.17) is 0 Å². The van der Waals surface area contributed by atoms with Crippen LogP contribution in [0.3, 0.4) is 0 Å². The second-order valence-corrected chi connectivity index (χ2v) is 8.83. The van der Waals surface area contributed by atoms with E-state index in [-0.39, 0.29) is 5.91 Å². The fourth-order valence-electron chi connectivity index (χ4n) is 6.28. The van der Waals surface area contributed by atoms with Gasteiger partial charge in [-0.2, -0.15) is 0 Å². The Morgan fingerprint density at radius 3 is 2.52 bits per heavy atom. The topological polar surface area (TPSA) is 46.4 Å². The van der Waals surface area contributed by atoms with Gasteiger partial charge in [0, 0.05) is 12.7 Å². The molecule has 2 aromatic rings. The van der Waals surface area contributed by atoms with Gasteiger partial charge >= 0.3 is 0 Å². The van der Waals surface area contributed by atoms with Crippen molar-refractivity contribution in [3.05, 3.63) is 35.8 Å². The van der Waals surface area contributed by atoms with Crippen LogP contribution in [0.4, 0.5) is 0 Å². The Kier molecular flexibility index (Phi) is 3.44. The summed E-state index contributed by atoms with van der Waals surface area (Å²) in [4.78, 5) is 17.5. The van der Waals surface area contributed by atoms with Crippen LogP contribution in [0.2, 0.25) is 0 Å². The number of rotatable bonds is 4. The molecular weight excluding hydrogens is 310 g/mol. The van der Waals surface area contributed by atoms with E-state index in [0.717, 1.165) is 42.1 Å². The lowest BCUT2D eigenvalue weighted by atomic mass is 9.49. The number of hydrogen-bond acceptors (Lipinski definition) is 2. The van der Waals surface area contributed by atoms with Gasteiger partial charge in [-0.3, -0.25) is 9.20 Å². The van der Waals surface area contributed by atoms with Gasteiger partial charge in [-0.05, 0) is 80.2 Å². The van der Waals surface area contributed by atoms with Gasteiger partial charge in [0.1, 0.15) is 11.3 Å². The lowest BCUT2D eigenvalue weighted by Gasteiger charge is -2.56. The number of hydrogen-bond donors (Lipinski definition) is 1. The molecule has 1 N–H and O–H groups in total. The summed E-state index contributed by atoms with van der Waals surface area (Å²) in [5.41, 5.74) is 2.97. The number of carbonyl (C=O) groups excluding carboxylic acids is 1. The van der Waals surface area contributed by atoms with E-state index in [9.17, 15) is 4.79 Å². The molecule has 132 valence electrons. The highest BCUT2D eigenvalue weighted by Gasteiger charge is 2.50. The van der Waals surface area contributed by atoms with Gasteiger partial charge < -0.3 is 5.32 Å². The highest BCUT2D eigenvalue weighted by molar-refractivity contribution is 5.93. The molecule has 0 aliphatic heterocycles. The summed E-state index contributed by atoms with van der Waals surface area (Å²) in [6.07, 6.45) is 11.2. The lowest BCUT2D eigenvalue weighted by Crippen LogP contribution is -2.51. The van der Waals surface area contributed by atoms with Crippen LogP contribution < -0.4 is 5.32 Å². The summed E-state index contributed by atoms with van der Waals surface area (Å²) >= 11 is 0. The zero-order valence-electron chi connectivity index (χ0n) is 15.0. The second-order valence-electron chi connectivity index (χ2n) is 8.83. The number of nitrogens with one attached hydrogen (secondary N) is 1. The minimum atomic E-state index is 0.0430. The van der Waals surface area contributed by atoms with E-state index < -0.39 is 0 Å². The quantitative estimate of drug-likeness (QED) is 0.921.